The number of pyridine rings is 1. The Labute approximate surface area is 134 Å². The van der Waals surface area contributed by atoms with Crippen LogP contribution in [0.5, 0.6) is 0 Å². The number of rotatable bonds is 1. The molecule has 0 saturated carbocycles. The Morgan fingerprint density at radius 3 is 2.86 bits per heavy atom. The largest absolute Gasteiger partial charge is 0.378 e. The minimum atomic E-state index is 0.851. The summed E-state index contributed by atoms with van der Waals surface area (Å²) in [6.45, 7) is 3.74. The molecule has 0 radical (unpaired) electrons. The number of hydrogen-bond donors (Lipinski definition) is 0. The molecule has 2 aromatic heterocycles. The van der Waals surface area contributed by atoms with E-state index < -0.39 is 0 Å². The number of aromatic nitrogens is 1. The van der Waals surface area contributed by atoms with E-state index in [1.54, 1.807) is 0 Å². The highest BCUT2D eigenvalue weighted by atomic mass is 32.1. The SMILES string of the molecule is C1=C(N2CCOCC2)c2sc3nc4c(cc3c21)CCCCC4. The lowest BCUT2D eigenvalue weighted by Gasteiger charge is -2.34. The minimum Gasteiger partial charge on any atom is -0.378 e. The van der Waals surface area contributed by atoms with E-state index in [0.717, 1.165) is 32.7 Å². The monoisotopic (exact) mass is 312 g/mol. The molecule has 22 heavy (non-hydrogen) atoms. The average Bonchev–Trinajstić information content (AvgIpc) is 2.68. The maximum Gasteiger partial charge on any atom is 0.124 e. The number of ether oxygens (including phenoxy) is 1. The summed E-state index contributed by atoms with van der Waals surface area (Å²) in [6, 6.07) is 2.44. The summed E-state index contributed by atoms with van der Waals surface area (Å²) < 4.78 is 5.47. The highest BCUT2D eigenvalue weighted by Crippen LogP contribution is 2.46. The molecule has 0 aromatic carbocycles. The molecule has 0 N–H and O–H groups in total. The Kier molecular flexibility index (Phi) is 3.01. The van der Waals surface area contributed by atoms with E-state index in [4.69, 9.17) is 9.72 Å². The summed E-state index contributed by atoms with van der Waals surface area (Å²) in [5, 5.41) is 1.39. The van der Waals surface area contributed by atoms with Crippen LogP contribution in [0.15, 0.2) is 6.07 Å². The molecule has 0 amide bonds. The standard InChI is InChI=1S/C18H20N2OS/c1-2-4-12-10-14-13-11-16(20-6-8-21-9-7-20)17(13)22-18(14)19-15(12)5-3-1/h10-11H,1-9H2. The highest BCUT2D eigenvalue weighted by Gasteiger charge is 2.28. The smallest absolute Gasteiger partial charge is 0.124 e. The Bertz CT molecular complexity index is 771. The zero-order valence-corrected chi connectivity index (χ0v) is 13.5. The summed E-state index contributed by atoms with van der Waals surface area (Å²) in [7, 11) is 0. The van der Waals surface area contributed by atoms with Gasteiger partial charge >= 0.3 is 0 Å². The third kappa shape index (κ3) is 1.94. The van der Waals surface area contributed by atoms with Crippen LogP contribution >= 0.6 is 11.3 Å². The molecule has 3 aliphatic rings. The molecular weight excluding hydrogens is 292 g/mol. The number of fused-ring (bicyclic) bond motifs is 4. The van der Waals surface area contributed by atoms with Gasteiger partial charge in [0.2, 0.25) is 0 Å². The quantitative estimate of drug-likeness (QED) is 0.751. The van der Waals surface area contributed by atoms with E-state index in [0.29, 0.717) is 0 Å². The predicted octanol–water partition coefficient (Wildman–Crippen LogP) is 3.71. The minimum absolute atomic E-state index is 0.851. The lowest BCUT2D eigenvalue weighted by molar-refractivity contribution is 0.0641. The molecule has 0 atom stereocenters. The molecule has 0 bridgehead atoms. The van der Waals surface area contributed by atoms with Crippen molar-refractivity contribution in [2.75, 3.05) is 26.3 Å². The lowest BCUT2D eigenvalue weighted by Crippen LogP contribution is -2.35. The van der Waals surface area contributed by atoms with E-state index in [1.807, 2.05) is 11.3 Å². The van der Waals surface area contributed by atoms with Crippen LogP contribution in [0.4, 0.5) is 0 Å². The van der Waals surface area contributed by atoms with Gasteiger partial charge in [-0.25, -0.2) is 4.98 Å². The molecule has 2 aliphatic carbocycles. The summed E-state index contributed by atoms with van der Waals surface area (Å²) in [5.41, 5.74) is 5.70. The summed E-state index contributed by atoms with van der Waals surface area (Å²) in [5.74, 6) is 0. The van der Waals surface area contributed by atoms with Crippen LogP contribution in [0, 0.1) is 0 Å². The first-order chi connectivity index (χ1) is 10.9. The van der Waals surface area contributed by atoms with Crippen LogP contribution in [-0.2, 0) is 17.6 Å². The van der Waals surface area contributed by atoms with E-state index in [-0.39, 0.29) is 0 Å². The summed E-state index contributed by atoms with van der Waals surface area (Å²) in [4.78, 5) is 10.2. The van der Waals surface area contributed by atoms with E-state index in [1.165, 1.54) is 63.3 Å². The van der Waals surface area contributed by atoms with Gasteiger partial charge in [-0.2, -0.15) is 0 Å². The van der Waals surface area contributed by atoms with Gasteiger partial charge in [0, 0.05) is 29.7 Å². The Morgan fingerprint density at radius 1 is 1.09 bits per heavy atom. The van der Waals surface area contributed by atoms with Crippen molar-refractivity contribution in [2.45, 2.75) is 32.1 Å². The van der Waals surface area contributed by atoms with Crippen molar-refractivity contribution in [3.63, 3.8) is 0 Å². The molecule has 1 saturated heterocycles. The third-order valence-corrected chi connectivity index (χ3v) is 6.25. The van der Waals surface area contributed by atoms with Crippen molar-refractivity contribution < 1.29 is 4.74 Å². The van der Waals surface area contributed by atoms with E-state index >= 15 is 0 Å². The first kappa shape index (κ1) is 13.1. The molecule has 3 heterocycles. The zero-order valence-electron chi connectivity index (χ0n) is 12.7. The molecule has 5 rings (SSSR count). The van der Waals surface area contributed by atoms with Crippen molar-refractivity contribution in [3.8, 4) is 0 Å². The van der Waals surface area contributed by atoms with Crippen LogP contribution in [0.1, 0.15) is 41.0 Å². The van der Waals surface area contributed by atoms with Crippen LogP contribution < -0.4 is 0 Å². The van der Waals surface area contributed by atoms with Gasteiger partial charge in [0.15, 0.2) is 0 Å². The Balaban J connectivity index is 1.54. The molecule has 0 unspecified atom stereocenters. The fourth-order valence-electron chi connectivity index (χ4n) is 3.83. The fraction of sp³-hybridized carbons (Fsp3) is 0.500. The average molecular weight is 312 g/mol. The summed E-state index contributed by atoms with van der Waals surface area (Å²) in [6.07, 6.45) is 8.71. The molecule has 4 heteroatoms. The molecule has 0 spiro atoms. The van der Waals surface area contributed by atoms with Crippen molar-refractivity contribution in [1.29, 1.82) is 0 Å². The molecule has 2 aromatic rings. The predicted molar refractivity (Wildman–Crippen MR) is 91.1 cm³/mol. The van der Waals surface area contributed by atoms with E-state index in [9.17, 15) is 0 Å². The van der Waals surface area contributed by atoms with Crippen molar-refractivity contribution >= 4 is 33.3 Å². The van der Waals surface area contributed by atoms with Crippen LogP contribution in [-0.4, -0.2) is 36.2 Å². The lowest BCUT2D eigenvalue weighted by atomic mass is 9.97. The van der Waals surface area contributed by atoms with Crippen molar-refractivity contribution in [3.05, 3.63) is 27.8 Å². The fourth-order valence-corrected chi connectivity index (χ4v) is 5.03. The van der Waals surface area contributed by atoms with Crippen LogP contribution in [0.3, 0.4) is 0 Å². The first-order valence-electron chi connectivity index (χ1n) is 8.40. The van der Waals surface area contributed by atoms with Crippen LogP contribution in [0.25, 0.3) is 22.0 Å². The van der Waals surface area contributed by atoms with Gasteiger partial charge in [-0.1, -0.05) is 6.42 Å². The third-order valence-electron chi connectivity index (χ3n) is 5.11. The van der Waals surface area contributed by atoms with Gasteiger partial charge in [-0.15, -0.1) is 11.3 Å². The molecule has 1 fully saturated rings. The van der Waals surface area contributed by atoms with E-state index in [2.05, 4.69) is 17.0 Å². The Hall–Kier alpha value is -1.39. The zero-order chi connectivity index (χ0) is 14.5. The molecule has 114 valence electrons. The number of hydrogen-bond acceptors (Lipinski definition) is 4. The highest BCUT2D eigenvalue weighted by molar-refractivity contribution is 7.20. The molecule has 1 aliphatic heterocycles. The number of thiophene rings is 1. The van der Waals surface area contributed by atoms with Gasteiger partial charge < -0.3 is 9.64 Å². The first-order valence-corrected chi connectivity index (χ1v) is 9.22. The van der Waals surface area contributed by atoms with Gasteiger partial charge in [-0.05, 0) is 43.4 Å². The maximum absolute atomic E-state index is 5.47. The number of aryl methyl sites for hydroxylation is 2. The normalized spacial score (nSPS) is 20.9. The van der Waals surface area contributed by atoms with Crippen molar-refractivity contribution in [2.24, 2.45) is 0 Å². The number of morpholine rings is 1. The second kappa shape index (κ2) is 5.07. The summed E-state index contributed by atoms with van der Waals surface area (Å²) >= 11 is 1.89. The van der Waals surface area contributed by atoms with Gasteiger partial charge in [0.1, 0.15) is 4.83 Å². The molecular formula is C18H20N2OS. The second-order valence-electron chi connectivity index (χ2n) is 6.48. The Morgan fingerprint density at radius 2 is 1.95 bits per heavy atom. The van der Waals surface area contributed by atoms with Gasteiger partial charge in [0.25, 0.3) is 0 Å². The van der Waals surface area contributed by atoms with Crippen LogP contribution in [0.2, 0.25) is 0 Å². The van der Waals surface area contributed by atoms with Gasteiger partial charge in [-0.3, -0.25) is 0 Å². The second-order valence-corrected chi connectivity index (χ2v) is 7.48. The van der Waals surface area contributed by atoms with Gasteiger partial charge in [0.05, 0.1) is 23.8 Å². The maximum atomic E-state index is 5.47. The topological polar surface area (TPSA) is 25.4 Å². The molecule has 3 nitrogen and oxygen atoms in total. The van der Waals surface area contributed by atoms with Crippen molar-refractivity contribution in [1.82, 2.24) is 9.88 Å². The number of nitrogens with zero attached hydrogens (tertiary/aromatic N) is 2.